The largest absolute Gasteiger partial charge is 0.493 e. The van der Waals surface area contributed by atoms with Crippen molar-refractivity contribution in [1.29, 1.82) is 0 Å². The number of halogens is 3. The first kappa shape index (κ1) is 20.9. The Kier molecular flexibility index (Phi) is 5.99. The van der Waals surface area contributed by atoms with E-state index in [-0.39, 0.29) is 18.8 Å². The van der Waals surface area contributed by atoms with Crippen LogP contribution in [0.1, 0.15) is 28.8 Å². The molecule has 6 nitrogen and oxygen atoms in total. The van der Waals surface area contributed by atoms with Gasteiger partial charge in [0.25, 0.3) is 0 Å². The summed E-state index contributed by atoms with van der Waals surface area (Å²) in [6, 6.07) is 4.55. The second-order valence-corrected chi connectivity index (χ2v) is 7.75. The second-order valence-electron chi connectivity index (χ2n) is 6.07. The molecule has 0 spiro atoms. The average molecular weight is 441 g/mol. The summed E-state index contributed by atoms with van der Waals surface area (Å²) in [5.41, 5.74) is 0.565. The molecule has 1 aliphatic heterocycles. The number of hydrogen-bond acceptors (Lipinski definition) is 6. The number of carboxylic acids is 1. The maximum atomic E-state index is 12.7. The molecule has 2 aromatic rings. The van der Waals surface area contributed by atoms with Crippen molar-refractivity contribution in [2.45, 2.75) is 25.6 Å². The van der Waals surface area contributed by atoms with Crippen LogP contribution in [0.4, 0.5) is 13.2 Å². The van der Waals surface area contributed by atoms with Gasteiger partial charge in [0.2, 0.25) is 5.88 Å². The Morgan fingerprint density at radius 3 is 2.59 bits per heavy atom. The molecule has 1 aliphatic rings. The van der Waals surface area contributed by atoms with Gasteiger partial charge in [0.05, 0.1) is 16.7 Å². The number of carboxylic acid groups (broad SMARTS) is 1. The predicted octanol–water partition coefficient (Wildman–Crippen LogP) is 4.74. The summed E-state index contributed by atoms with van der Waals surface area (Å²) >= 11 is 6.36. The number of aromatic hydroxyl groups is 1. The van der Waals surface area contributed by atoms with Gasteiger partial charge >= 0.3 is 12.1 Å². The topological polar surface area (TPSA) is 87.2 Å². The van der Waals surface area contributed by atoms with E-state index in [1.807, 2.05) is 0 Å². The predicted molar refractivity (Wildman–Crippen MR) is 106 cm³/mol. The summed E-state index contributed by atoms with van der Waals surface area (Å²) in [5, 5.41) is 26.9. The number of thiazole rings is 1. The molecular weight excluding hydrogens is 427 g/mol. The highest BCUT2D eigenvalue weighted by Gasteiger charge is 2.30. The minimum Gasteiger partial charge on any atom is -0.493 e. The Bertz CT molecular complexity index is 1080. The fourth-order valence-corrected chi connectivity index (χ4v) is 3.96. The number of carbonyl (C=O) groups is 1. The van der Waals surface area contributed by atoms with Crippen LogP contribution in [0.5, 0.6) is 5.88 Å². The summed E-state index contributed by atoms with van der Waals surface area (Å²) in [6.45, 7) is 0.255. The molecule has 0 bridgehead atoms. The molecule has 1 aromatic carbocycles. The Labute approximate surface area is 172 Å². The number of allylic oxidation sites excluding steroid dienone is 1. The minimum atomic E-state index is -4.43. The summed E-state index contributed by atoms with van der Waals surface area (Å²) in [7, 11) is 0. The maximum absolute atomic E-state index is 12.7. The van der Waals surface area contributed by atoms with Crippen LogP contribution in [0.25, 0.3) is 6.08 Å². The van der Waals surface area contributed by atoms with Crippen molar-refractivity contribution >= 4 is 47.5 Å². The highest BCUT2D eigenvalue weighted by Crippen LogP contribution is 2.31. The van der Waals surface area contributed by atoms with Gasteiger partial charge in [-0.05, 0) is 36.8 Å². The van der Waals surface area contributed by atoms with Gasteiger partial charge in [-0.25, -0.2) is 0 Å². The highest BCUT2D eigenvalue weighted by atomic mass is 32.1. The molecule has 0 atom stereocenters. The van der Waals surface area contributed by atoms with Gasteiger partial charge in [-0.1, -0.05) is 12.1 Å². The van der Waals surface area contributed by atoms with Crippen LogP contribution in [0.3, 0.4) is 0 Å². The van der Waals surface area contributed by atoms with E-state index in [1.165, 1.54) is 22.9 Å². The van der Waals surface area contributed by atoms with E-state index < -0.39 is 17.7 Å². The van der Waals surface area contributed by atoms with Crippen molar-refractivity contribution in [3.05, 3.63) is 49.8 Å². The van der Waals surface area contributed by atoms with Crippen LogP contribution in [0, 0.1) is 3.95 Å². The minimum absolute atomic E-state index is 0.0507. The van der Waals surface area contributed by atoms with E-state index in [0.29, 0.717) is 32.1 Å². The van der Waals surface area contributed by atoms with Gasteiger partial charge in [-0.15, -0.1) is 16.4 Å². The molecule has 29 heavy (non-hydrogen) atoms. The fourth-order valence-electron chi connectivity index (χ4n) is 2.65. The monoisotopic (exact) mass is 441 g/mol. The number of aromatic nitrogens is 1. The van der Waals surface area contributed by atoms with Gasteiger partial charge in [0.15, 0.2) is 3.95 Å². The molecule has 152 valence electrons. The number of rotatable bonds is 6. The first-order valence-electron chi connectivity index (χ1n) is 8.32. The Hall–Kier alpha value is -2.79. The van der Waals surface area contributed by atoms with Crippen molar-refractivity contribution in [2.24, 2.45) is 10.2 Å². The van der Waals surface area contributed by atoms with Crippen molar-refractivity contribution in [2.75, 3.05) is 0 Å². The van der Waals surface area contributed by atoms with Crippen molar-refractivity contribution in [1.82, 2.24) is 4.57 Å². The molecule has 2 N–H and O–H groups in total. The fraction of sp³-hybridized carbons (Fsp3) is 0.222. The molecule has 0 amide bonds. The smallest absolute Gasteiger partial charge is 0.416 e. The van der Waals surface area contributed by atoms with E-state index >= 15 is 0 Å². The van der Waals surface area contributed by atoms with E-state index in [0.717, 1.165) is 23.5 Å². The van der Waals surface area contributed by atoms with Crippen molar-refractivity contribution < 1.29 is 28.2 Å². The van der Waals surface area contributed by atoms with Gasteiger partial charge in [-0.3, -0.25) is 9.36 Å². The molecule has 0 radical (unpaired) electrons. The van der Waals surface area contributed by atoms with Crippen LogP contribution in [0.2, 0.25) is 0 Å². The van der Waals surface area contributed by atoms with Crippen LogP contribution >= 0.6 is 23.6 Å². The van der Waals surface area contributed by atoms with Crippen LogP contribution in [-0.4, -0.2) is 32.7 Å². The highest BCUT2D eigenvalue weighted by molar-refractivity contribution is 7.73. The van der Waals surface area contributed by atoms with E-state index in [4.69, 9.17) is 17.3 Å². The molecule has 0 unspecified atom stereocenters. The van der Waals surface area contributed by atoms with E-state index in [1.54, 1.807) is 6.08 Å². The quantitative estimate of drug-likeness (QED) is 0.634. The lowest BCUT2D eigenvalue weighted by Crippen LogP contribution is -2.07. The van der Waals surface area contributed by atoms with Crippen LogP contribution in [0.15, 0.2) is 40.0 Å². The number of alkyl halides is 3. The number of hydrogen-bond donors (Lipinski definition) is 2. The molecule has 11 heteroatoms. The first-order chi connectivity index (χ1) is 13.7. The third kappa shape index (κ3) is 4.80. The Balaban J connectivity index is 1.85. The van der Waals surface area contributed by atoms with Crippen LogP contribution < -0.4 is 0 Å². The van der Waals surface area contributed by atoms with Gasteiger partial charge in [0, 0.05) is 24.1 Å². The van der Waals surface area contributed by atoms with Crippen LogP contribution in [-0.2, 0) is 17.5 Å². The number of nitrogens with zero attached hydrogens (tertiary/aromatic N) is 3. The zero-order chi connectivity index (χ0) is 21.2. The lowest BCUT2D eigenvalue weighted by molar-refractivity contribution is -0.138. The molecule has 0 aliphatic carbocycles. The summed E-state index contributed by atoms with van der Waals surface area (Å²) in [6.07, 6.45) is -1.14. The Morgan fingerprint density at radius 1 is 1.28 bits per heavy atom. The molecular formula is C18H14F3N3O3S2. The van der Waals surface area contributed by atoms with Crippen molar-refractivity contribution in [3.63, 3.8) is 0 Å². The molecule has 0 fully saturated rings. The molecule has 2 heterocycles. The first-order valence-corrected chi connectivity index (χ1v) is 9.54. The van der Waals surface area contributed by atoms with Gasteiger partial charge in [-0.2, -0.15) is 18.3 Å². The van der Waals surface area contributed by atoms with Gasteiger partial charge in [0.1, 0.15) is 5.71 Å². The Morgan fingerprint density at radius 2 is 1.97 bits per heavy atom. The summed E-state index contributed by atoms with van der Waals surface area (Å²) in [5.74, 6) is -1.04. The van der Waals surface area contributed by atoms with E-state index in [9.17, 15) is 23.1 Å². The molecule has 0 saturated heterocycles. The third-order valence-electron chi connectivity index (χ3n) is 4.07. The molecule has 3 rings (SSSR count). The standard InChI is InChI=1S/C18H14F3N3O3S2/c19-18(20,21)12-5-3-10(4-6-12)15-11(9-22-23-15)8-13-16(27)24(17(28)29-13)7-1-2-14(25)26/h3-6,8-9,27H,1-2,7H2,(H,25,26). The zero-order valence-corrected chi connectivity index (χ0v) is 16.3. The van der Waals surface area contributed by atoms with E-state index in [2.05, 4.69) is 10.2 Å². The SMILES string of the molecule is O=C(O)CCCn1c(O)c(C=C2C=NN=C2c2ccc(C(F)(F)F)cc2)sc1=S. The normalized spacial score (nSPS) is 15.1. The summed E-state index contributed by atoms with van der Waals surface area (Å²) < 4.78 is 40.0. The molecule has 0 saturated carbocycles. The lowest BCUT2D eigenvalue weighted by Gasteiger charge is -2.08. The van der Waals surface area contributed by atoms with Gasteiger partial charge < -0.3 is 10.2 Å². The van der Waals surface area contributed by atoms with Crippen molar-refractivity contribution in [3.8, 4) is 5.88 Å². The molecule has 1 aromatic heterocycles. The number of aliphatic carboxylic acids is 1. The maximum Gasteiger partial charge on any atom is 0.416 e. The second kappa shape index (κ2) is 8.29. The zero-order valence-electron chi connectivity index (χ0n) is 14.7. The number of benzene rings is 1. The summed E-state index contributed by atoms with van der Waals surface area (Å²) in [4.78, 5) is 11.1. The third-order valence-corrected chi connectivity index (χ3v) is 5.45. The average Bonchev–Trinajstić information content (AvgIpc) is 3.21. The lowest BCUT2D eigenvalue weighted by atomic mass is 10.0.